The van der Waals surface area contributed by atoms with Crippen LogP contribution < -0.4 is 21.1 Å². The second kappa shape index (κ2) is 18.3. The molecule has 3 aliphatic heterocycles. The van der Waals surface area contributed by atoms with Gasteiger partial charge in [-0.15, -0.1) is 11.3 Å². The first-order valence-electron chi connectivity index (χ1n) is 20.7. The fraction of sp³-hybridized carbons (Fsp3) is 0.561. The van der Waals surface area contributed by atoms with Crippen molar-refractivity contribution in [1.82, 2.24) is 30.0 Å². The summed E-state index contributed by atoms with van der Waals surface area (Å²) in [5.41, 5.74) is 7.28. The molecule has 8 rings (SSSR count). The number of benzene rings is 1. The fourth-order valence-corrected chi connectivity index (χ4v) is 10.4. The molecule has 6 amide bonds. The van der Waals surface area contributed by atoms with Crippen molar-refractivity contribution >= 4 is 62.7 Å². The second-order valence-corrected chi connectivity index (χ2v) is 17.0. The largest absolute Gasteiger partial charge is 0.474 e. The number of rotatable bonds is 16. The van der Waals surface area contributed by atoms with Gasteiger partial charge in [0.2, 0.25) is 29.5 Å². The molecule has 3 atom stereocenters. The summed E-state index contributed by atoms with van der Waals surface area (Å²) in [7, 11) is 0. The Morgan fingerprint density at radius 1 is 0.950 bits per heavy atom. The van der Waals surface area contributed by atoms with E-state index in [0.29, 0.717) is 37.2 Å². The van der Waals surface area contributed by atoms with Crippen LogP contribution in [0.4, 0.5) is 5.69 Å². The van der Waals surface area contributed by atoms with Gasteiger partial charge in [-0.1, -0.05) is 6.07 Å². The number of aliphatic hydroxyl groups is 1. The van der Waals surface area contributed by atoms with Crippen LogP contribution >= 0.6 is 11.3 Å². The molecule has 1 unspecified atom stereocenters. The maximum atomic E-state index is 13.3. The second-order valence-electron chi connectivity index (χ2n) is 15.9. The van der Waals surface area contributed by atoms with E-state index < -0.39 is 41.7 Å². The molecule has 3 aromatic rings. The third kappa shape index (κ3) is 8.72. The van der Waals surface area contributed by atoms with Gasteiger partial charge >= 0.3 is 0 Å². The molecule has 5 aliphatic rings. The smallest absolute Gasteiger partial charge is 0.264 e. The number of anilines is 1. The minimum Gasteiger partial charge on any atom is -0.474 e. The standard InChI is InChI=1S/C41H50N8O10S/c42-36(53)29(50)20-23-4-10-30-33(23)35-38(44-22-45-39(35)60-30)59-25-7-5-24(6-8-25)47-13-15-48(16-14-47)32(52)21-58-19-18-57-17-12-43-27-3-1-2-26-34(27)41(56)49(40(26)55)28-9-11-31(51)46-37(28)54/h1-3,22-25,28-29,43,50H,4-21H2,(H2,42,53)(H,46,51,54)/t23-,24?,25?,28?,29+/m1/s1. The first-order valence-corrected chi connectivity index (χ1v) is 21.5. The molecule has 2 saturated heterocycles. The number of ether oxygens (including phenoxy) is 3. The lowest BCUT2D eigenvalue weighted by Gasteiger charge is -2.41. The highest BCUT2D eigenvalue weighted by molar-refractivity contribution is 7.19. The number of amides is 6. The maximum absolute atomic E-state index is 13.3. The van der Waals surface area contributed by atoms with Crippen LogP contribution in [-0.2, 0) is 35.1 Å². The van der Waals surface area contributed by atoms with Crippen LogP contribution in [0.5, 0.6) is 5.88 Å². The highest BCUT2D eigenvalue weighted by Gasteiger charge is 2.45. The lowest BCUT2D eigenvalue weighted by atomic mass is 9.91. The molecule has 60 heavy (non-hydrogen) atoms. The summed E-state index contributed by atoms with van der Waals surface area (Å²) >= 11 is 1.63. The molecule has 2 aromatic heterocycles. The minimum atomic E-state index is -1.19. The van der Waals surface area contributed by atoms with Crippen LogP contribution in [0.1, 0.15) is 88.4 Å². The van der Waals surface area contributed by atoms with Gasteiger partial charge in [-0.2, -0.15) is 0 Å². The Bertz CT molecular complexity index is 2150. The number of piperazine rings is 1. The number of piperidine rings is 1. The van der Waals surface area contributed by atoms with Gasteiger partial charge in [0, 0.05) is 55.8 Å². The third-order valence-corrected chi connectivity index (χ3v) is 13.4. The Morgan fingerprint density at radius 3 is 2.50 bits per heavy atom. The summed E-state index contributed by atoms with van der Waals surface area (Å²) in [5, 5.41) is 16.4. The summed E-state index contributed by atoms with van der Waals surface area (Å²) in [5.74, 6) is -2.42. The molecule has 5 N–H and O–H groups in total. The SMILES string of the molecule is NC(=O)[C@@H](O)C[C@H]1CCc2sc3ncnc(OC4CCC(N5CCN(C(=O)COCCOCCNc6cccc7c6C(=O)N(C6CCC(=O)NC6=O)C7=O)CC5)CC4)c3c21. The van der Waals surface area contributed by atoms with Crippen molar-refractivity contribution in [3.8, 4) is 5.88 Å². The Morgan fingerprint density at radius 2 is 1.73 bits per heavy atom. The quantitative estimate of drug-likeness (QED) is 0.118. The molecular weight excluding hydrogens is 797 g/mol. The molecular formula is C41H50N8O10S. The third-order valence-electron chi connectivity index (χ3n) is 12.3. The Kier molecular flexibility index (Phi) is 12.7. The van der Waals surface area contributed by atoms with E-state index in [2.05, 4.69) is 25.5 Å². The number of aliphatic hydroxyl groups excluding tert-OH is 1. The number of nitrogens with one attached hydrogen (secondary N) is 2. The molecule has 0 radical (unpaired) electrons. The van der Waals surface area contributed by atoms with E-state index in [1.54, 1.807) is 35.9 Å². The first kappa shape index (κ1) is 41.6. The van der Waals surface area contributed by atoms with Crippen molar-refractivity contribution in [2.24, 2.45) is 5.73 Å². The number of thiophene rings is 1. The number of nitrogens with two attached hydrogens (primary N) is 1. The van der Waals surface area contributed by atoms with E-state index >= 15 is 0 Å². The van der Waals surface area contributed by atoms with Gasteiger partial charge < -0.3 is 35.3 Å². The van der Waals surface area contributed by atoms with Crippen molar-refractivity contribution in [2.75, 3.05) is 64.5 Å². The number of primary amides is 1. The average Bonchev–Trinajstić information content (AvgIpc) is 3.89. The maximum Gasteiger partial charge on any atom is 0.264 e. The monoisotopic (exact) mass is 846 g/mol. The highest BCUT2D eigenvalue weighted by atomic mass is 32.1. The predicted molar refractivity (Wildman–Crippen MR) is 216 cm³/mol. The van der Waals surface area contributed by atoms with E-state index in [1.807, 2.05) is 4.90 Å². The average molecular weight is 847 g/mol. The molecule has 0 spiro atoms. The van der Waals surface area contributed by atoms with Crippen molar-refractivity contribution in [2.45, 2.75) is 88.0 Å². The number of fused-ring (bicyclic) bond motifs is 4. The van der Waals surface area contributed by atoms with Gasteiger partial charge in [0.15, 0.2) is 0 Å². The molecule has 320 valence electrons. The van der Waals surface area contributed by atoms with Crippen LogP contribution in [0, 0.1) is 0 Å². The summed E-state index contributed by atoms with van der Waals surface area (Å²) in [6.07, 6.45) is 6.23. The van der Waals surface area contributed by atoms with E-state index in [0.717, 1.165) is 72.3 Å². The molecule has 3 fully saturated rings. The van der Waals surface area contributed by atoms with Crippen molar-refractivity contribution in [1.29, 1.82) is 0 Å². The van der Waals surface area contributed by atoms with Crippen molar-refractivity contribution in [3.63, 3.8) is 0 Å². The fourth-order valence-electron chi connectivity index (χ4n) is 9.16. The number of imide groups is 2. The van der Waals surface area contributed by atoms with E-state index in [9.17, 15) is 33.9 Å². The van der Waals surface area contributed by atoms with Gasteiger partial charge in [-0.25, -0.2) is 9.97 Å². The Balaban J connectivity index is 0.711. The summed E-state index contributed by atoms with van der Waals surface area (Å²) in [6.45, 7) is 3.95. The Labute approximate surface area is 350 Å². The number of hydrogen-bond acceptors (Lipinski definition) is 15. The molecule has 0 bridgehead atoms. The molecule has 18 nitrogen and oxygen atoms in total. The predicted octanol–water partition coefficient (Wildman–Crippen LogP) is 1.34. The van der Waals surface area contributed by atoms with Crippen LogP contribution in [0.3, 0.4) is 0 Å². The normalized spacial score (nSPS) is 23.8. The van der Waals surface area contributed by atoms with Gasteiger partial charge in [0.05, 0.1) is 36.3 Å². The molecule has 1 saturated carbocycles. The van der Waals surface area contributed by atoms with Crippen molar-refractivity contribution in [3.05, 3.63) is 46.1 Å². The summed E-state index contributed by atoms with van der Waals surface area (Å²) in [6, 6.07) is 4.27. The zero-order valence-electron chi connectivity index (χ0n) is 33.3. The lowest BCUT2D eigenvalue weighted by molar-refractivity contribution is -0.139. The zero-order valence-corrected chi connectivity index (χ0v) is 34.1. The van der Waals surface area contributed by atoms with E-state index in [1.165, 1.54) is 4.88 Å². The van der Waals surface area contributed by atoms with Gasteiger partial charge in [0.1, 0.15) is 36.0 Å². The summed E-state index contributed by atoms with van der Waals surface area (Å²) in [4.78, 5) is 91.1. The minimum absolute atomic E-state index is 0.00438. The van der Waals surface area contributed by atoms with Gasteiger partial charge in [0.25, 0.3) is 11.8 Å². The topological polar surface area (TPSA) is 236 Å². The number of carbonyl (C=O) groups excluding carboxylic acids is 6. The number of hydrogen-bond donors (Lipinski definition) is 4. The van der Waals surface area contributed by atoms with Crippen molar-refractivity contribution < 1.29 is 48.1 Å². The Hall–Kier alpha value is -5.08. The number of nitrogens with zero attached hydrogens (tertiary/aromatic N) is 5. The van der Waals surface area contributed by atoms with Gasteiger partial charge in [-0.3, -0.25) is 43.9 Å². The molecule has 5 heterocycles. The number of carbonyl (C=O) groups is 6. The number of aryl methyl sites for hydroxylation is 1. The van der Waals surface area contributed by atoms with E-state index in [-0.39, 0.29) is 74.7 Å². The van der Waals surface area contributed by atoms with Crippen LogP contribution in [0.25, 0.3) is 10.2 Å². The van der Waals surface area contributed by atoms with Crippen LogP contribution in [-0.4, -0.2) is 149 Å². The van der Waals surface area contributed by atoms with Gasteiger partial charge in [-0.05, 0) is 75.0 Å². The first-order chi connectivity index (χ1) is 29.1. The molecule has 1 aromatic carbocycles. The van der Waals surface area contributed by atoms with Crippen LogP contribution in [0.2, 0.25) is 0 Å². The zero-order chi connectivity index (χ0) is 41.9. The highest BCUT2D eigenvalue weighted by Crippen LogP contribution is 2.48. The van der Waals surface area contributed by atoms with Crippen LogP contribution in [0.15, 0.2) is 24.5 Å². The molecule has 2 aliphatic carbocycles. The lowest BCUT2D eigenvalue weighted by Crippen LogP contribution is -2.54. The van der Waals surface area contributed by atoms with E-state index in [4.69, 9.17) is 19.9 Å². The number of aromatic nitrogens is 2. The summed E-state index contributed by atoms with van der Waals surface area (Å²) < 4.78 is 17.8. The molecule has 19 heteroatoms.